The van der Waals surface area contributed by atoms with Crippen molar-refractivity contribution in [1.29, 1.82) is 0 Å². The van der Waals surface area contributed by atoms with Gasteiger partial charge in [-0.3, -0.25) is 0 Å². The van der Waals surface area contributed by atoms with E-state index in [9.17, 15) is 0 Å². The van der Waals surface area contributed by atoms with Gasteiger partial charge in [-0.15, -0.1) is 0 Å². The number of nitrogens with two attached hydrogens (primary N) is 1. The van der Waals surface area contributed by atoms with Crippen molar-refractivity contribution in [1.82, 2.24) is 4.90 Å². The average molecular weight is 450 g/mol. The van der Waals surface area contributed by atoms with Crippen LogP contribution in [0.15, 0.2) is 0 Å². The molecular formula is C8H21BiN2O2S2. The fraction of sp³-hybridized carbons (Fsp3) is 0.750. The van der Waals surface area contributed by atoms with E-state index in [2.05, 4.69) is 30.2 Å². The summed E-state index contributed by atoms with van der Waals surface area (Å²) >= 11 is 8.52. The third kappa shape index (κ3) is 14.3. The van der Waals surface area contributed by atoms with Crippen molar-refractivity contribution in [2.24, 2.45) is 5.73 Å². The molecule has 92 valence electrons. The number of aliphatic hydroxyl groups excluding tert-OH is 2. The van der Waals surface area contributed by atoms with Gasteiger partial charge in [0.25, 0.3) is 10.3 Å². The number of hydrogen-bond acceptors (Lipinski definition) is 2. The maximum absolute atomic E-state index is 9.01. The summed E-state index contributed by atoms with van der Waals surface area (Å²) < 4.78 is 0. The van der Waals surface area contributed by atoms with Crippen LogP contribution in [-0.4, -0.2) is 63.7 Å². The van der Waals surface area contributed by atoms with E-state index in [1.54, 1.807) is 4.90 Å². The fourth-order valence-corrected chi connectivity index (χ4v) is 1.46. The number of hydrogen-bond donors (Lipinski definition) is 3. The van der Waals surface area contributed by atoms with Crippen LogP contribution in [-0.2, 0) is 0 Å². The Morgan fingerprint density at radius 3 is 1.27 bits per heavy atom. The van der Waals surface area contributed by atoms with Crippen LogP contribution in [0.5, 0.6) is 0 Å². The Morgan fingerprint density at radius 1 is 1.07 bits per heavy atom. The van der Waals surface area contributed by atoms with Crippen molar-refractivity contribution in [3.05, 3.63) is 0 Å². The zero-order chi connectivity index (χ0) is 11.9. The van der Waals surface area contributed by atoms with Gasteiger partial charge in [0.1, 0.15) is 0 Å². The van der Waals surface area contributed by atoms with Crippen LogP contribution >= 0.6 is 24.4 Å². The Bertz CT molecular complexity index is 189. The number of nitrogens with zero attached hydrogens (tertiary/aromatic N) is 1. The molecule has 4 nitrogen and oxygen atoms in total. The van der Waals surface area contributed by atoms with Crippen molar-refractivity contribution < 1.29 is 10.2 Å². The summed E-state index contributed by atoms with van der Waals surface area (Å²) in [6.45, 7) is 8.01. The molecule has 0 saturated carbocycles. The molecule has 0 atom stereocenters. The van der Waals surface area contributed by atoms with E-state index in [4.69, 9.17) is 10.2 Å². The van der Waals surface area contributed by atoms with Crippen LogP contribution in [0.1, 0.15) is 27.7 Å². The summed E-state index contributed by atoms with van der Waals surface area (Å²) in [6, 6.07) is 0.551. The molecule has 0 unspecified atom stereocenters. The summed E-state index contributed by atoms with van der Waals surface area (Å²) in [4.78, 5) is 1.79. The summed E-state index contributed by atoms with van der Waals surface area (Å²) in [7, 11) is 0. The van der Waals surface area contributed by atoms with Gasteiger partial charge < -0.3 is 20.8 Å². The van der Waals surface area contributed by atoms with E-state index in [1.807, 2.05) is 27.7 Å². The van der Waals surface area contributed by atoms with Gasteiger partial charge in [-0.2, -0.15) is 0 Å². The molecule has 0 rings (SSSR count). The minimum absolute atomic E-state index is 0. The van der Waals surface area contributed by atoms with E-state index < -0.39 is 5.17 Å². The third-order valence-electron chi connectivity index (χ3n) is 1.33. The second-order valence-electron chi connectivity index (χ2n) is 3.22. The van der Waals surface area contributed by atoms with Gasteiger partial charge in [-0.05, 0) is 52.1 Å². The van der Waals surface area contributed by atoms with Gasteiger partial charge in [-0.25, -0.2) is 0 Å². The van der Waals surface area contributed by atoms with Crippen molar-refractivity contribution >= 4 is 61.0 Å². The van der Waals surface area contributed by atoms with E-state index in [-0.39, 0.29) is 43.5 Å². The minimum atomic E-state index is -0.500. The number of aliphatic hydroxyl groups is 2. The first kappa shape index (κ1) is 20.6. The van der Waals surface area contributed by atoms with Crippen LogP contribution in [0.3, 0.4) is 0 Å². The first-order valence-electron chi connectivity index (χ1n) is 4.19. The van der Waals surface area contributed by atoms with Gasteiger partial charge in [0, 0.05) is 12.1 Å². The van der Waals surface area contributed by atoms with Gasteiger partial charge in [0.05, 0.1) is 0 Å². The van der Waals surface area contributed by atoms with Crippen molar-refractivity contribution in [2.75, 3.05) is 0 Å². The second kappa shape index (κ2) is 10.8. The molecule has 7 heteroatoms. The van der Waals surface area contributed by atoms with Crippen molar-refractivity contribution in [2.45, 2.75) is 39.8 Å². The van der Waals surface area contributed by atoms with Crippen molar-refractivity contribution in [3.63, 3.8) is 0 Å². The Labute approximate surface area is 121 Å². The monoisotopic (exact) mass is 450 g/mol. The van der Waals surface area contributed by atoms with Gasteiger partial charge in [-0.1, -0.05) is 0 Å². The molecule has 0 radical (unpaired) electrons. The Morgan fingerprint density at radius 2 is 1.27 bits per heavy atom. The predicted octanol–water partition coefficient (Wildman–Crippen LogP) is 0.552. The van der Waals surface area contributed by atoms with Crippen LogP contribution in [0.25, 0.3) is 0 Å². The van der Waals surface area contributed by atoms with E-state index in [0.717, 1.165) is 0 Å². The quantitative estimate of drug-likeness (QED) is 0.422. The molecule has 0 bridgehead atoms. The van der Waals surface area contributed by atoms with E-state index in [1.165, 1.54) is 0 Å². The molecular weight excluding hydrogens is 429 g/mol. The molecule has 0 aliphatic heterocycles. The van der Waals surface area contributed by atoms with Crippen LogP contribution < -0.4 is 5.73 Å². The maximum atomic E-state index is 9.01. The van der Waals surface area contributed by atoms with Crippen LogP contribution in [0.4, 0.5) is 0 Å². The molecule has 0 saturated heterocycles. The van der Waals surface area contributed by atoms with Crippen LogP contribution in [0.2, 0.25) is 0 Å². The zero-order valence-electron chi connectivity index (χ0n) is 9.60. The summed E-state index contributed by atoms with van der Waals surface area (Å²) in [6.07, 6.45) is 0. The topological polar surface area (TPSA) is 69.7 Å². The Kier molecular flexibility index (Phi) is 14.8. The molecule has 4 N–H and O–H groups in total. The molecule has 0 spiro atoms. The molecule has 0 aromatic heterocycles. The summed E-state index contributed by atoms with van der Waals surface area (Å²) in [5, 5.41) is 16.1. The Balaban J connectivity index is -0.000000249. The second-order valence-corrected chi connectivity index (χ2v) is 4.00. The van der Waals surface area contributed by atoms with E-state index >= 15 is 0 Å². The molecule has 0 aliphatic carbocycles. The molecule has 0 aromatic rings. The number of thiocarbonyl (C=S) groups is 2. The molecule has 0 aromatic carbocycles. The van der Waals surface area contributed by atoms with Crippen LogP contribution in [0, 0.1) is 0 Å². The molecule has 0 aliphatic rings. The SMILES string of the molecule is CC(C)N(C(O)=S)C(C)C.NC(O)=S.[BiH3]. The first-order chi connectivity index (χ1) is 6.20. The molecule has 0 amide bonds. The first-order valence-corrected chi connectivity index (χ1v) is 5.01. The van der Waals surface area contributed by atoms with Gasteiger partial charge in [0.15, 0.2) is 0 Å². The third-order valence-corrected chi connectivity index (χ3v) is 1.54. The summed E-state index contributed by atoms with van der Waals surface area (Å²) in [5.74, 6) is 0. The molecule has 0 heterocycles. The Hall–Kier alpha value is 0.263. The average Bonchev–Trinajstić information content (AvgIpc) is 1.80. The standard InChI is InChI=1S/C7H15NOS.CH3NOS.Bi.3H/c1-5(2)8(6(3)4)7(9)10;2-1(3)4;;;;/h5-6H,1-4H3,(H,9,10);(H3,2,3,4);;;;. The predicted molar refractivity (Wildman–Crippen MR) is 76.7 cm³/mol. The van der Waals surface area contributed by atoms with E-state index in [0.29, 0.717) is 0 Å². The summed E-state index contributed by atoms with van der Waals surface area (Å²) in [5.41, 5.74) is 4.40. The zero-order valence-corrected chi connectivity index (χ0v) is 16.7. The van der Waals surface area contributed by atoms with Crippen molar-refractivity contribution in [3.8, 4) is 0 Å². The number of rotatable bonds is 2. The molecule has 15 heavy (non-hydrogen) atoms. The van der Waals surface area contributed by atoms with Gasteiger partial charge >= 0.3 is 26.2 Å². The normalized spacial score (nSPS) is 8.67. The fourth-order valence-electron chi connectivity index (χ4n) is 1.04. The molecule has 0 fully saturated rings. The van der Waals surface area contributed by atoms with Gasteiger partial charge in [0.2, 0.25) is 0 Å².